The number of hydrogen-bond donors (Lipinski definition) is 2. The van der Waals surface area contributed by atoms with E-state index < -0.39 is 10.9 Å². The molecule has 0 unspecified atom stereocenters. The zero-order valence-corrected chi connectivity index (χ0v) is 9.50. The van der Waals surface area contributed by atoms with Crippen LogP contribution < -0.4 is 5.32 Å². The van der Waals surface area contributed by atoms with Gasteiger partial charge in [0, 0.05) is 12.1 Å². The first-order valence-electron chi connectivity index (χ1n) is 5.51. The molecular formula is C12H12N2O4. The van der Waals surface area contributed by atoms with E-state index in [-0.39, 0.29) is 23.0 Å². The molecule has 0 amide bonds. The van der Waals surface area contributed by atoms with Gasteiger partial charge in [-0.3, -0.25) is 10.1 Å². The second kappa shape index (κ2) is 4.87. The van der Waals surface area contributed by atoms with Gasteiger partial charge in [-0.05, 0) is 25.0 Å². The van der Waals surface area contributed by atoms with E-state index in [2.05, 4.69) is 5.32 Å². The Balaban J connectivity index is 2.30. The van der Waals surface area contributed by atoms with Gasteiger partial charge in [0.05, 0.1) is 10.5 Å². The minimum absolute atomic E-state index is 0.0362. The molecule has 0 aliphatic heterocycles. The minimum Gasteiger partial charge on any atom is -0.478 e. The van der Waals surface area contributed by atoms with E-state index in [9.17, 15) is 14.9 Å². The highest BCUT2D eigenvalue weighted by Crippen LogP contribution is 2.28. The molecule has 94 valence electrons. The van der Waals surface area contributed by atoms with E-state index in [0.29, 0.717) is 0 Å². The first-order chi connectivity index (χ1) is 8.58. The molecule has 0 atom stereocenters. The molecule has 6 heteroatoms. The molecule has 0 aromatic heterocycles. The molecule has 2 rings (SSSR count). The normalized spacial score (nSPS) is 14.7. The summed E-state index contributed by atoms with van der Waals surface area (Å²) in [4.78, 5) is 21.2. The van der Waals surface area contributed by atoms with Crippen LogP contribution in [-0.4, -0.2) is 22.0 Å². The topological polar surface area (TPSA) is 92.5 Å². The molecule has 2 N–H and O–H groups in total. The van der Waals surface area contributed by atoms with Crippen LogP contribution in [0.25, 0.3) is 0 Å². The van der Waals surface area contributed by atoms with Gasteiger partial charge in [0.2, 0.25) is 0 Å². The maximum absolute atomic E-state index is 10.9. The van der Waals surface area contributed by atoms with Crippen LogP contribution in [-0.2, 0) is 0 Å². The number of nitro groups is 1. The zero-order chi connectivity index (χ0) is 13.1. The SMILES string of the molecule is O=C(O)c1ccc([N+](=O)[O-])c(NC2CC=CC2)c1. The van der Waals surface area contributed by atoms with Gasteiger partial charge in [0.1, 0.15) is 5.69 Å². The predicted molar refractivity (Wildman–Crippen MR) is 65.8 cm³/mol. The Hall–Kier alpha value is -2.37. The van der Waals surface area contributed by atoms with Crippen molar-refractivity contribution in [2.24, 2.45) is 0 Å². The van der Waals surface area contributed by atoms with Crippen LogP contribution in [0.3, 0.4) is 0 Å². The number of nitrogens with one attached hydrogen (secondary N) is 1. The smallest absolute Gasteiger partial charge is 0.335 e. The van der Waals surface area contributed by atoms with Gasteiger partial charge in [-0.15, -0.1) is 0 Å². The third-order valence-electron chi connectivity index (χ3n) is 2.81. The van der Waals surface area contributed by atoms with E-state index in [1.165, 1.54) is 18.2 Å². The van der Waals surface area contributed by atoms with Crippen molar-refractivity contribution in [3.05, 3.63) is 46.0 Å². The molecule has 0 heterocycles. The van der Waals surface area contributed by atoms with Crippen LogP contribution in [0, 0.1) is 10.1 Å². The average Bonchev–Trinajstić information content (AvgIpc) is 2.81. The number of carboxylic acid groups (broad SMARTS) is 1. The maximum atomic E-state index is 10.9. The van der Waals surface area contributed by atoms with Gasteiger partial charge in [-0.1, -0.05) is 12.2 Å². The molecule has 1 aromatic carbocycles. The fraction of sp³-hybridized carbons (Fsp3) is 0.250. The second-order valence-electron chi connectivity index (χ2n) is 4.08. The van der Waals surface area contributed by atoms with Crippen LogP contribution in [0.2, 0.25) is 0 Å². The molecule has 0 saturated heterocycles. The highest BCUT2D eigenvalue weighted by atomic mass is 16.6. The number of aromatic carboxylic acids is 1. The number of rotatable bonds is 4. The first kappa shape index (κ1) is 12.1. The molecular weight excluding hydrogens is 236 g/mol. The van der Waals surface area contributed by atoms with Crippen molar-refractivity contribution < 1.29 is 14.8 Å². The Bertz CT molecular complexity index is 517. The summed E-state index contributed by atoms with van der Waals surface area (Å²) >= 11 is 0. The Kier molecular flexibility index (Phi) is 3.27. The monoisotopic (exact) mass is 248 g/mol. The van der Waals surface area contributed by atoms with E-state index in [0.717, 1.165) is 12.8 Å². The number of carbonyl (C=O) groups is 1. The summed E-state index contributed by atoms with van der Waals surface area (Å²) in [6.45, 7) is 0. The molecule has 0 bridgehead atoms. The molecule has 0 saturated carbocycles. The van der Waals surface area contributed by atoms with Crippen molar-refractivity contribution in [1.82, 2.24) is 0 Å². The maximum Gasteiger partial charge on any atom is 0.335 e. The van der Waals surface area contributed by atoms with Gasteiger partial charge in [0.25, 0.3) is 5.69 Å². The van der Waals surface area contributed by atoms with Crippen molar-refractivity contribution >= 4 is 17.3 Å². The molecule has 1 aliphatic rings. The fourth-order valence-corrected chi connectivity index (χ4v) is 1.90. The van der Waals surface area contributed by atoms with Gasteiger partial charge < -0.3 is 10.4 Å². The quantitative estimate of drug-likeness (QED) is 0.485. The Morgan fingerprint density at radius 3 is 2.61 bits per heavy atom. The van der Waals surface area contributed by atoms with Gasteiger partial charge in [-0.25, -0.2) is 4.79 Å². The van der Waals surface area contributed by atoms with Crippen molar-refractivity contribution in [1.29, 1.82) is 0 Å². The number of hydrogen-bond acceptors (Lipinski definition) is 4. The number of benzene rings is 1. The lowest BCUT2D eigenvalue weighted by atomic mass is 10.1. The molecule has 18 heavy (non-hydrogen) atoms. The molecule has 0 fully saturated rings. The molecule has 1 aromatic rings. The van der Waals surface area contributed by atoms with E-state index in [4.69, 9.17) is 5.11 Å². The summed E-state index contributed by atoms with van der Waals surface area (Å²) in [7, 11) is 0. The fourth-order valence-electron chi connectivity index (χ4n) is 1.90. The minimum atomic E-state index is -1.10. The number of nitrogens with zero attached hydrogens (tertiary/aromatic N) is 1. The number of carboxylic acids is 1. The lowest BCUT2D eigenvalue weighted by Gasteiger charge is -2.14. The lowest BCUT2D eigenvalue weighted by molar-refractivity contribution is -0.384. The van der Waals surface area contributed by atoms with E-state index in [1.54, 1.807) is 0 Å². The highest BCUT2D eigenvalue weighted by molar-refractivity contribution is 5.90. The Morgan fingerprint density at radius 1 is 1.39 bits per heavy atom. The van der Waals surface area contributed by atoms with Gasteiger partial charge in [-0.2, -0.15) is 0 Å². The van der Waals surface area contributed by atoms with Gasteiger partial charge >= 0.3 is 5.97 Å². The van der Waals surface area contributed by atoms with E-state index >= 15 is 0 Å². The predicted octanol–water partition coefficient (Wildman–Crippen LogP) is 2.42. The Morgan fingerprint density at radius 2 is 2.06 bits per heavy atom. The van der Waals surface area contributed by atoms with Crippen molar-refractivity contribution in [3.8, 4) is 0 Å². The number of anilines is 1. The van der Waals surface area contributed by atoms with E-state index in [1.807, 2.05) is 12.2 Å². The van der Waals surface area contributed by atoms with Crippen molar-refractivity contribution in [3.63, 3.8) is 0 Å². The van der Waals surface area contributed by atoms with Crippen molar-refractivity contribution in [2.75, 3.05) is 5.32 Å². The lowest BCUT2D eigenvalue weighted by Crippen LogP contribution is -2.16. The zero-order valence-electron chi connectivity index (χ0n) is 9.50. The van der Waals surface area contributed by atoms with Crippen LogP contribution in [0.1, 0.15) is 23.2 Å². The summed E-state index contributed by atoms with van der Waals surface area (Å²) in [6.07, 6.45) is 5.55. The Labute approximate surface area is 103 Å². The summed E-state index contributed by atoms with van der Waals surface area (Å²) in [5.41, 5.74) is 0.189. The van der Waals surface area contributed by atoms with Crippen LogP contribution >= 0.6 is 0 Å². The van der Waals surface area contributed by atoms with Crippen LogP contribution in [0.15, 0.2) is 30.4 Å². The van der Waals surface area contributed by atoms with Crippen LogP contribution in [0.5, 0.6) is 0 Å². The van der Waals surface area contributed by atoms with Crippen molar-refractivity contribution in [2.45, 2.75) is 18.9 Å². The average molecular weight is 248 g/mol. The van der Waals surface area contributed by atoms with Crippen LogP contribution in [0.4, 0.5) is 11.4 Å². The third-order valence-corrected chi connectivity index (χ3v) is 2.81. The summed E-state index contributed by atoms with van der Waals surface area (Å²) in [6, 6.07) is 3.85. The molecule has 0 radical (unpaired) electrons. The third kappa shape index (κ3) is 2.48. The standard InChI is InChI=1S/C12H12N2O4/c15-12(16)8-5-6-11(14(17)18)10(7-8)13-9-3-1-2-4-9/h1-2,5-7,9,13H,3-4H2,(H,15,16). The van der Waals surface area contributed by atoms with Gasteiger partial charge in [0.15, 0.2) is 0 Å². The largest absolute Gasteiger partial charge is 0.478 e. The highest BCUT2D eigenvalue weighted by Gasteiger charge is 2.19. The molecule has 0 spiro atoms. The summed E-state index contributed by atoms with van der Waals surface area (Å²) < 4.78 is 0. The molecule has 1 aliphatic carbocycles. The summed E-state index contributed by atoms with van der Waals surface area (Å²) in [5, 5.41) is 22.8. The summed E-state index contributed by atoms with van der Waals surface area (Å²) in [5.74, 6) is -1.10. The second-order valence-corrected chi connectivity index (χ2v) is 4.08. The first-order valence-corrected chi connectivity index (χ1v) is 5.51. The molecule has 6 nitrogen and oxygen atoms in total. The number of nitro benzene ring substituents is 1.